The van der Waals surface area contributed by atoms with Crippen LogP contribution in [0, 0.1) is 0 Å². The number of hydrogen-bond acceptors (Lipinski definition) is 4. The van der Waals surface area contributed by atoms with Gasteiger partial charge in [-0.25, -0.2) is 4.98 Å². The minimum atomic E-state index is -0.00505. The van der Waals surface area contributed by atoms with Crippen LogP contribution in [0.2, 0.25) is 0 Å². The highest BCUT2D eigenvalue weighted by Gasteiger charge is 2.07. The van der Waals surface area contributed by atoms with Crippen molar-refractivity contribution in [2.75, 3.05) is 21.1 Å². The molecule has 0 atom stereocenters. The van der Waals surface area contributed by atoms with E-state index in [1.54, 1.807) is 26.0 Å². The van der Waals surface area contributed by atoms with Gasteiger partial charge in [0.1, 0.15) is 6.33 Å². The highest BCUT2D eigenvalue weighted by Crippen LogP contribution is 2.15. The Morgan fingerprint density at radius 3 is 2.41 bits per heavy atom. The van der Waals surface area contributed by atoms with E-state index in [1.807, 2.05) is 42.5 Å². The molecule has 1 amide bonds. The van der Waals surface area contributed by atoms with Crippen LogP contribution in [0.5, 0.6) is 0 Å². The third-order valence-corrected chi connectivity index (χ3v) is 4.37. The zero-order valence-electron chi connectivity index (χ0n) is 16.8. The molecule has 3 N–H and O–H groups in total. The Bertz CT molecular complexity index is 963. The maximum atomic E-state index is 12.0. The number of carbonyl (C=O) groups is 1. The van der Waals surface area contributed by atoms with Crippen molar-refractivity contribution < 1.29 is 4.79 Å². The second kappa shape index (κ2) is 9.50. The zero-order valence-corrected chi connectivity index (χ0v) is 16.8. The van der Waals surface area contributed by atoms with E-state index >= 15 is 0 Å². The van der Waals surface area contributed by atoms with E-state index in [0.717, 1.165) is 22.5 Å². The molecular formula is C21H25N7O. The van der Waals surface area contributed by atoms with Crippen molar-refractivity contribution >= 4 is 11.9 Å². The van der Waals surface area contributed by atoms with Gasteiger partial charge in [-0.05, 0) is 29.3 Å². The van der Waals surface area contributed by atoms with Crippen molar-refractivity contribution in [1.29, 1.82) is 0 Å². The normalized spacial score (nSPS) is 11.2. The standard InChI is InChI=1S/C21H25N7O/c1-22-21(23-12-15-7-9-17(10-8-15)20(29)28(2)3)24-13-16-5-4-6-18(11-16)19-25-14-26-27-19/h4-11,14H,12-13H2,1-3H3,(H2,22,23,24)(H,25,26,27). The molecule has 150 valence electrons. The van der Waals surface area contributed by atoms with Crippen molar-refractivity contribution in [1.82, 2.24) is 30.7 Å². The molecule has 0 unspecified atom stereocenters. The lowest BCUT2D eigenvalue weighted by atomic mass is 10.1. The lowest BCUT2D eigenvalue weighted by Crippen LogP contribution is -2.36. The number of benzene rings is 2. The van der Waals surface area contributed by atoms with Crippen LogP contribution in [0.25, 0.3) is 11.4 Å². The van der Waals surface area contributed by atoms with Crippen LogP contribution in [0.1, 0.15) is 21.5 Å². The second-order valence-electron chi connectivity index (χ2n) is 6.71. The molecule has 1 heterocycles. The molecule has 8 nitrogen and oxygen atoms in total. The molecule has 0 aliphatic heterocycles. The Morgan fingerprint density at radius 2 is 1.79 bits per heavy atom. The summed E-state index contributed by atoms with van der Waals surface area (Å²) in [5.41, 5.74) is 3.83. The van der Waals surface area contributed by atoms with E-state index in [-0.39, 0.29) is 5.91 Å². The second-order valence-corrected chi connectivity index (χ2v) is 6.71. The number of guanidine groups is 1. The fraction of sp³-hybridized carbons (Fsp3) is 0.238. The molecule has 3 aromatic rings. The summed E-state index contributed by atoms with van der Waals surface area (Å²) in [7, 11) is 5.22. The number of H-pyrrole nitrogens is 1. The molecule has 0 aliphatic carbocycles. The minimum absolute atomic E-state index is 0.00505. The van der Waals surface area contributed by atoms with E-state index in [9.17, 15) is 4.79 Å². The Labute approximate surface area is 170 Å². The van der Waals surface area contributed by atoms with Gasteiger partial charge in [-0.2, -0.15) is 5.10 Å². The monoisotopic (exact) mass is 391 g/mol. The summed E-state index contributed by atoms with van der Waals surface area (Å²) < 4.78 is 0. The fourth-order valence-corrected chi connectivity index (χ4v) is 2.79. The van der Waals surface area contributed by atoms with Crippen molar-refractivity contribution in [2.24, 2.45) is 4.99 Å². The first-order valence-electron chi connectivity index (χ1n) is 9.26. The van der Waals surface area contributed by atoms with E-state index in [2.05, 4.69) is 36.9 Å². The molecular weight excluding hydrogens is 366 g/mol. The van der Waals surface area contributed by atoms with Gasteiger partial charge in [0.15, 0.2) is 11.8 Å². The number of aliphatic imine (C=N–C) groups is 1. The lowest BCUT2D eigenvalue weighted by molar-refractivity contribution is 0.0827. The Morgan fingerprint density at radius 1 is 1.07 bits per heavy atom. The first-order chi connectivity index (χ1) is 14.1. The van der Waals surface area contributed by atoms with Crippen LogP contribution in [0.3, 0.4) is 0 Å². The predicted molar refractivity (Wildman–Crippen MR) is 113 cm³/mol. The van der Waals surface area contributed by atoms with Crippen LogP contribution < -0.4 is 10.6 Å². The van der Waals surface area contributed by atoms with Crippen molar-refractivity contribution in [3.8, 4) is 11.4 Å². The molecule has 8 heteroatoms. The topological polar surface area (TPSA) is 98.3 Å². The Hall–Kier alpha value is -3.68. The summed E-state index contributed by atoms with van der Waals surface area (Å²) in [5.74, 6) is 1.43. The predicted octanol–water partition coefficient (Wildman–Crippen LogP) is 2.04. The van der Waals surface area contributed by atoms with Gasteiger partial charge in [0.25, 0.3) is 5.91 Å². The first kappa shape index (κ1) is 20.1. The molecule has 0 saturated carbocycles. The molecule has 3 rings (SSSR count). The van der Waals surface area contributed by atoms with Crippen LogP contribution in [-0.4, -0.2) is 53.1 Å². The van der Waals surface area contributed by atoms with Crippen LogP contribution in [0.15, 0.2) is 59.9 Å². The van der Waals surface area contributed by atoms with Gasteiger partial charge >= 0.3 is 0 Å². The maximum absolute atomic E-state index is 12.0. The summed E-state index contributed by atoms with van der Waals surface area (Å²) in [4.78, 5) is 22.0. The summed E-state index contributed by atoms with van der Waals surface area (Å²) in [6.45, 7) is 1.23. The fourth-order valence-electron chi connectivity index (χ4n) is 2.79. The van der Waals surface area contributed by atoms with Gasteiger partial charge in [0.2, 0.25) is 0 Å². The quantitative estimate of drug-likeness (QED) is 0.441. The highest BCUT2D eigenvalue weighted by molar-refractivity contribution is 5.93. The Kier molecular flexibility index (Phi) is 6.57. The average Bonchev–Trinajstić information content (AvgIpc) is 3.29. The number of aromatic amines is 1. The zero-order chi connectivity index (χ0) is 20.6. The molecule has 29 heavy (non-hydrogen) atoms. The Balaban J connectivity index is 1.54. The minimum Gasteiger partial charge on any atom is -0.352 e. The van der Waals surface area contributed by atoms with Crippen molar-refractivity contribution in [3.05, 3.63) is 71.5 Å². The van der Waals surface area contributed by atoms with Gasteiger partial charge in [-0.1, -0.05) is 30.3 Å². The van der Waals surface area contributed by atoms with Crippen molar-refractivity contribution in [3.63, 3.8) is 0 Å². The summed E-state index contributed by atoms with van der Waals surface area (Å²) in [6, 6.07) is 15.6. The molecule has 0 saturated heterocycles. The van der Waals surface area contributed by atoms with E-state index in [1.165, 1.54) is 6.33 Å². The number of hydrogen-bond donors (Lipinski definition) is 3. The number of aromatic nitrogens is 3. The molecule has 0 aliphatic rings. The average molecular weight is 391 g/mol. The van der Waals surface area contributed by atoms with Gasteiger partial charge < -0.3 is 15.5 Å². The summed E-state index contributed by atoms with van der Waals surface area (Å²) in [6.07, 6.45) is 1.50. The van der Waals surface area contributed by atoms with Crippen LogP contribution in [-0.2, 0) is 13.1 Å². The SMILES string of the molecule is CN=C(NCc1ccc(C(=O)N(C)C)cc1)NCc1cccc(-c2ncn[nH]2)c1. The largest absolute Gasteiger partial charge is 0.352 e. The van der Waals surface area contributed by atoms with E-state index in [0.29, 0.717) is 24.6 Å². The van der Waals surface area contributed by atoms with E-state index in [4.69, 9.17) is 0 Å². The number of rotatable bonds is 6. The van der Waals surface area contributed by atoms with Gasteiger partial charge in [-0.15, -0.1) is 0 Å². The van der Waals surface area contributed by atoms with Gasteiger partial charge in [0, 0.05) is 45.4 Å². The van der Waals surface area contributed by atoms with Gasteiger partial charge in [-0.3, -0.25) is 14.9 Å². The molecule has 2 aromatic carbocycles. The number of amides is 1. The number of nitrogens with one attached hydrogen (secondary N) is 3. The smallest absolute Gasteiger partial charge is 0.253 e. The summed E-state index contributed by atoms with van der Waals surface area (Å²) in [5, 5.41) is 13.4. The lowest BCUT2D eigenvalue weighted by Gasteiger charge is -2.13. The molecule has 0 radical (unpaired) electrons. The third-order valence-electron chi connectivity index (χ3n) is 4.37. The summed E-state index contributed by atoms with van der Waals surface area (Å²) >= 11 is 0. The first-order valence-corrected chi connectivity index (χ1v) is 9.26. The van der Waals surface area contributed by atoms with Crippen LogP contribution >= 0.6 is 0 Å². The highest BCUT2D eigenvalue weighted by atomic mass is 16.2. The third kappa shape index (κ3) is 5.41. The molecule has 0 bridgehead atoms. The molecule has 0 spiro atoms. The number of carbonyl (C=O) groups excluding carboxylic acids is 1. The van der Waals surface area contributed by atoms with Gasteiger partial charge in [0.05, 0.1) is 0 Å². The van der Waals surface area contributed by atoms with Crippen LogP contribution in [0.4, 0.5) is 0 Å². The van der Waals surface area contributed by atoms with Crippen molar-refractivity contribution in [2.45, 2.75) is 13.1 Å². The molecule has 1 aromatic heterocycles. The number of nitrogens with zero attached hydrogens (tertiary/aromatic N) is 4. The van der Waals surface area contributed by atoms with E-state index < -0.39 is 0 Å². The molecule has 0 fully saturated rings. The maximum Gasteiger partial charge on any atom is 0.253 e.